The van der Waals surface area contributed by atoms with Crippen LogP contribution in [0.5, 0.6) is 11.5 Å². The summed E-state index contributed by atoms with van der Waals surface area (Å²) in [7, 11) is -1.58. The molecule has 1 amide bonds. The van der Waals surface area contributed by atoms with Crippen LogP contribution in [0, 0.1) is 0 Å². The van der Waals surface area contributed by atoms with E-state index >= 15 is 0 Å². The summed E-state index contributed by atoms with van der Waals surface area (Å²) < 4.78 is 36.0. The number of ether oxygens (including phenoxy) is 2. The second-order valence-corrected chi connectivity index (χ2v) is 12.1. The summed E-state index contributed by atoms with van der Waals surface area (Å²) in [5, 5.41) is 0.361. The van der Waals surface area contributed by atoms with Gasteiger partial charge < -0.3 is 14.4 Å². The molecule has 0 radical (unpaired) electrons. The van der Waals surface area contributed by atoms with Crippen LogP contribution in [0.25, 0.3) is 0 Å². The lowest BCUT2D eigenvalue weighted by atomic mass is 10.1. The van der Waals surface area contributed by atoms with Crippen molar-refractivity contribution in [3.8, 4) is 11.5 Å². The van der Waals surface area contributed by atoms with Crippen LogP contribution in [0.15, 0.2) is 83.9 Å². The summed E-state index contributed by atoms with van der Waals surface area (Å²) >= 11 is 1.36. The SMILES string of the molecule is COc1ccccc1CC(=O)N=C1S[C@@H]2CS(=O)(=O)C[C@@H]2N1c1ccc(OCc2ccccc2)cc1. The second-order valence-electron chi connectivity index (χ2n) is 8.72. The predicted molar refractivity (Wildman–Crippen MR) is 143 cm³/mol. The minimum absolute atomic E-state index is 0.0383. The molecule has 5 rings (SSSR count). The predicted octanol–water partition coefficient (Wildman–Crippen LogP) is 4.12. The molecule has 3 aromatic rings. The number of para-hydroxylation sites is 1. The van der Waals surface area contributed by atoms with Crippen LogP contribution in [0.2, 0.25) is 0 Å². The molecule has 2 saturated heterocycles. The van der Waals surface area contributed by atoms with E-state index < -0.39 is 9.84 Å². The number of rotatable bonds is 7. The zero-order valence-corrected chi connectivity index (χ0v) is 21.4. The van der Waals surface area contributed by atoms with Gasteiger partial charge in [-0.1, -0.05) is 60.3 Å². The monoisotopic (exact) mass is 522 g/mol. The quantitative estimate of drug-likeness (QED) is 0.462. The van der Waals surface area contributed by atoms with Crippen molar-refractivity contribution in [1.29, 1.82) is 0 Å². The van der Waals surface area contributed by atoms with Gasteiger partial charge in [-0.25, -0.2) is 8.42 Å². The number of hydrogen-bond donors (Lipinski definition) is 0. The summed E-state index contributed by atoms with van der Waals surface area (Å²) in [5.41, 5.74) is 2.61. The molecule has 0 bridgehead atoms. The minimum atomic E-state index is -3.15. The molecule has 186 valence electrons. The van der Waals surface area contributed by atoms with Gasteiger partial charge in [0.15, 0.2) is 15.0 Å². The highest BCUT2D eigenvalue weighted by atomic mass is 32.2. The first kappa shape index (κ1) is 24.4. The van der Waals surface area contributed by atoms with Crippen LogP contribution < -0.4 is 14.4 Å². The fourth-order valence-electron chi connectivity index (χ4n) is 4.47. The first-order chi connectivity index (χ1) is 17.4. The Labute approximate surface area is 215 Å². The number of carbonyl (C=O) groups is 1. The van der Waals surface area contributed by atoms with Gasteiger partial charge >= 0.3 is 0 Å². The number of amides is 1. The van der Waals surface area contributed by atoms with Crippen molar-refractivity contribution in [3.63, 3.8) is 0 Å². The van der Waals surface area contributed by atoms with Crippen molar-refractivity contribution in [2.45, 2.75) is 24.3 Å². The van der Waals surface area contributed by atoms with E-state index in [0.717, 1.165) is 16.8 Å². The molecule has 2 atom stereocenters. The largest absolute Gasteiger partial charge is 0.496 e. The van der Waals surface area contributed by atoms with Gasteiger partial charge in [0.25, 0.3) is 5.91 Å². The van der Waals surface area contributed by atoms with E-state index in [2.05, 4.69) is 4.99 Å². The van der Waals surface area contributed by atoms with Crippen molar-refractivity contribution < 1.29 is 22.7 Å². The van der Waals surface area contributed by atoms with Crippen molar-refractivity contribution in [1.82, 2.24) is 0 Å². The number of fused-ring (bicyclic) bond motifs is 1. The lowest BCUT2D eigenvalue weighted by Gasteiger charge is -2.24. The number of amidine groups is 1. The van der Waals surface area contributed by atoms with E-state index in [1.807, 2.05) is 83.8 Å². The molecule has 2 aliphatic rings. The van der Waals surface area contributed by atoms with Gasteiger partial charge in [-0.3, -0.25) is 4.79 Å². The molecule has 36 heavy (non-hydrogen) atoms. The molecule has 3 aromatic carbocycles. The van der Waals surface area contributed by atoms with Crippen LogP contribution in [0.1, 0.15) is 11.1 Å². The average Bonchev–Trinajstić information content (AvgIpc) is 3.34. The summed E-state index contributed by atoms with van der Waals surface area (Å²) in [5.74, 6) is 1.15. The molecule has 0 spiro atoms. The van der Waals surface area contributed by atoms with Gasteiger partial charge in [-0.05, 0) is 35.9 Å². The third-order valence-electron chi connectivity index (χ3n) is 6.18. The molecule has 0 N–H and O–H groups in total. The molecule has 2 fully saturated rings. The number of anilines is 1. The third kappa shape index (κ3) is 5.42. The van der Waals surface area contributed by atoms with Crippen molar-refractivity contribution in [2.75, 3.05) is 23.5 Å². The maximum absolute atomic E-state index is 12.9. The number of methoxy groups -OCH3 is 1. The lowest BCUT2D eigenvalue weighted by Crippen LogP contribution is -2.37. The van der Waals surface area contributed by atoms with E-state index in [4.69, 9.17) is 9.47 Å². The number of carbonyl (C=O) groups excluding carboxylic acids is 1. The van der Waals surface area contributed by atoms with Crippen molar-refractivity contribution in [2.24, 2.45) is 4.99 Å². The Morgan fingerprint density at radius 3 is 2.47 bits per heavy atom. The average molecular weight is 523 g/mol. The Balaban J connectivity index is 1.37. The van der Waals surface area contributed by atoms with Crippen molar-refractivity contribution in [3.05, 3.63) is 90.0 Å². The van der Waals surface area contributed by atoms with Gasteiger partial charge in [-0.15, -0.1) is 0 Å². The Bertz CT molecular complexity index is 1370. The number of aliphatic imine (C=N–C) groups is 1. The molecule has 0 saturated carbocycles. The highest BCUT2D eigenvalue weighted by Crippen LogP contribution is 2.41. The fraction of sp³-hybridized carbons (Fsp3) is 0.259. The van der Waals surface area contributed by atoms with Crippen molar-refractivity contribution >= 4 is 38.4 Å². The summed E-state index contributed by atoms with van der Waals surface area (Å²) in [6.45, 7) is 0.451. The molecule has 2 aliphatic heterocycles. The smallest absolute Gasteiger partial charge is 0.252 e. The molecule has 0 aliphatic carbocycles. The Morgan fingerprint density at radius 1 is 1.00 bits per heavy atom. The van der Waals surface area contributed by atoms with Gasteiger partial charge in [-0.2, -0.15) is 4.99 Å². The lowest BCUT2D eigenvalue weighted by molar-refractivity contribution is -0.117. The summed E-state index contributed by atoms with van der Waals surface area (Å²) in [6.07, 6.45) is 0.0990. The number of thioether (sulfide) groups is 1. The molecule has 0 aromatic heterocycles. The molecule has 7 nitrogen and oxygen atoms in total. The topological polar surface area (TPSA) is 85.3 Å². The highest BCUT2D eigenvalue weighted by Gasteiger charge is 2.49. The zero-order valence-electron chi connectivity index (χ0n) is 19.7. The van der Waals surface area contributed by atoms with Gasteiger partial charge in [0, 0.05) is 16.5 Å². The maximum atomic E-state index is 12.9. The van der Waals surface area contributed by atoms with Crippen LogP contribution in [-0.2, 0) is 27.7 Å². The van der Waals surface area contributed by atoms with E-state index in [1.54, 1.807) is 7.11 Å². The van der Waals surface area contributed by atoms with Gasteiger partial charge in [0.2, 0.25) is 0 Å². The number of nitrogens with zero attached hydrogens (tertiary/aromatic N) is 2. The van der Waals surface area contributed by atoms with Crippen LogP contribution in [0.3, 0.4) is 0 Å². The Hall–Kier alpha value is -3.30. The zero-order chi connectivity index (χ0) is 25.1. The maximum Gasteiger partial charge on any atom is 0.252 e. The van der Waals surface area contributed by atoms with E-state index in [-0.39, 0.29) is 35.1 Å². The summed E-state index contributed by atoms with van der Waals surface area (Å²) in [4.78, 5) is 19.2. The van der Waals surface area contributed by atoms with Crippen LogP contribution in [-0.4, -0.2) is 49.4 Å². The normalized spacial score (nSPS) is 21.4. The molecular formula is C27H26N2O5S2. The molecular weight excluding hydrogens is 496 g/mol. The standard InChI is InChI=1S/C27H26N2O5S2/c1-33-24-10-6-5-9-20(24)15-26(30)28-27-29(23-17-36(31,32)18-25(23)35-27)21-11-13-22(14-12-21)34-16-19-7-3-2-4-8-19/h2-14,23,25H,15-18H2,1H3/t23-,25+/m0/s1. The van der Waals surface area contributed by atoms with Crippen LogP contribution in [0.4, 0.5) is 5.69 Å². The Morgan fingerprint density at radius 2 is 1.72 bits per heavy atom. The molecule has 2 heterocycles. The third-order valence-corrected chi connectivity index (χ3v) is 9.39. The first-order valence-corrected chi connectivity index (χ1v) is 14.3. The van der Waals surface area contributed by atoms with Gasteiger partial charge in [0.1, 0.15) is 18.1 Å². The first-order valence-electron chi connectivity index (χ1n) is 11.6. The number of benzene rings is 3. The number of sulfone groups is 1. The Kier molecular flexibility index (Phi) is 7.02. The van der Waals surface area contributed by atoms with Crippen LogP contribution >= 0.6 is 11.8 Å². The van der Waals surface area contributed by atoms with E-state index in [9.17, 15) is 13.2 Å². The van der Waals surface area contributed by atoms with E-state index in [0.29, 0.717) is 23.3 Å². The van der Waals surface area contributed by atoms with E-state index in [1.165, 1.54) is 11.8 Å². The fourth-order valence-corrected chi connectivity index (χ4v) is 8.40. The van der Waals surface area contributed by atoms with Gasteiger partial charge in [0.05, 0.1) is 31.1 Å². The number of hydrogen-bond acceptors (Lipinski definition) is 6. The highest BCUT2D eigenvalue weighted by molar-refractivity contribution is 8.16. The minimum Gasteiger partial charge on any atom is -0.496 e. The summed E-state index contributed by atoms with van der Waals surface area (Å²) in [6, 6.07) is 24.5. The second kappa shape index (κ2) is 10.4. The molecule has 9 heteroatoms. The molecule has 0 unspecified atom stereocenters.